The van der Waals surface area contributed by atoms with Crippen molar-refractivity contribution in [3.63, 3.8) is 0 Å². The highest BCUT2D eigenvalue weighted by molar-refractivity contribution is 5.75. The second kappa shape index (κ2) is 7.04. The highest BCUT2D eigenvalue weighted by Crippen LogP contribution is 1.99. The van der Waals surface area contributed by atoms with Crippen molar-refractivity contribution in [2.75, 3.05) is 27.3 Å². The van der Waals surface area contributed by atoms with Gasteiger partial charge in [-0.3, -0.25) is 0 Å². The normalized spacial score (nSPS) is 13.3. The maximum Gasteiger partial charge on any atom is 0.129 e. The van der Waals surface area contributed by atoms with E-state index in [1.165, 1.54) is 0 Å². The fourth-order valence-corrected chi connectivity index (χ4v) is 1.17. The summed E-state index contributed by atoms with van der Waals surface area (Å²) >= 11 is 0. The number of hydrogen-bond acceptors (Lipinski definition) is 3. The predicted octanol–water partition coefficient (Wildman–Crippen LogP) is 1.32. The van der Waals surface area contributed by atoms with Crippen LogP contribution in [0.3, 0.4) is 0 Å². The van der Waals surface area contributed by atoms with Gasteiger partial charge < -0.3 is 14.4 Å². The van der Waals surface area contributed by atoms with E-state index in [2.05, 4.69) is 18.9 Å². The third-order valence-electron chi connectivity index (χ3n) is 2.20. The molecule has 0 fully saturated rings. The highest BCUT2D eigenvalue weighted by Gasteiger charge is 2.07. The van der Waals surface area contributed by atoms with Crippen LogP contribution in [0.1, 0.15) is 26.7 Å². The molecule has 78 valence electrons. The van der Waals surface area contributed by atoms with Gasteiger partial charge in [0.05, 0.1) is 6.61 Å². The van der Waals surface area contributed by atoms with Crippen LogP contribution in [0.15, 0.2) is 0 Å². The van der Waals surface area contributed by atoms with Crippen molar-refractivity contribution in [3.8, 4) is 0 Å². The fraction of sp³-hybridized carbons (Fsp3) is 0.900. The summed E-state index contributed by atoms with van der Waals surface area (Å²) in [6, 6.07) is 0.428. The lowest BCUT2D eigenvalue weighted by Crippen LogP contribution is -2.33. The molecule has 0 saturated carbocycles. The van der Waals surface area contributed by atoms with Crippen LogP contribution in [0, 0.1) is 0 Å². The molecule has 1 atom stereocenters. The molecule has 0 amide bonds. The summed E-state index contributed by atoms with van der Waals surface area (Å²) in [4.78, 5) is 12.9. The second-order valence-electron chi connectivity index (χ2n) is 3.59. The molecule has 0 heterocycles. The van der Waals surface area contributed by atoms with Crippen LogP contribution in [0.2, 0.25) is 0 Å². The zero-order valence-corrected chi connectivity index (χ0v) is 9.17. The zero-order valence-electron chi connectivity index (χ0n) is 9.17. The monoisotopic (exact) mass is 187 g/mol. The number of ether oxygens (including phenoxy) is 1. The van der Waals surface area contributed by atoms with Crippen LogP contribution in [-0.2, 0) is 9.53 Å². The number of ketones is 1. The number of Topliss-reactive ketones (excluding diaryl/α,β-unsaturated/α-hetero) is 1. The molecule has 1 unspecified atom stereocenters. The molecule has 0 aromatic carbocycles. The van der Waals surface area contributed by atoms with E-state index in [4.69, 9.17) is 4.74 Å². The smallest absolute Gasteiger partial charge is 0.129 e. The summed E-state index contributed by atoms with van der Waals surface area (Å²) in [5, 5.41) is 0. The summed E-state index contributed by atoms with van der Waals surface area (Å²) in [7, 11) is 3.77. The number of likely N-dealkylation sites (N-methyl/N-ethyl adjacent to an activating group) is 1. The van der Waals surface area contributed by atoms with Crippen LogP contribution in [0.5, 0.6) is 0 Å². The van der Waals surface area contributed by atoms with E-state index in [9.17, 15) is 4.79 Å². The van der Waals surface area contributed by atoms with Gasteiger partial charge in [-0.2, -0.15) is 0 Å². The molecular formula is C10H21NO2. The number of hydrogen-bond donors (Lipinski definition) is 0. The first-order valence-corrected chi connectivity index (χ1v) is 4.76. The Morgan fingerprint density at radius 2 is 2.15 bits per heavy atom. The Balaban J connectivity index is 3.49. The van der Waals surface area contributed by atoms with E-state index in [-0.39, 0.29) is 5.78 Å². The molecule has 0 aliphatic carbocycles. The number of carbonyl (C=O) groups is 1. The quantitative estimate of drug-likeness (QED) is 0.602. The Hall–Kier alpha value is -0.410. The van der Waals surface area contributed by atoms with Crippen LogP contribution >= 0.6 is 0 Å². The molecule has 0 aromatic heterocycles. The Morgan fingerprint density at radius 3 is 2.62 bits per heavy atom. The summed E-state index contributed by atoms with van der Waals surface area (Å²) in [5.41, 5.74) is 0. The molecule has 0 radical (unpaired) electrons. The standard InChI is InChI=1S/C10H21NO2/c1-9(8-13-4)11(3)7-5-6-10(2)12/h9H,5-8H2,1-4H3. The van der Waals surface area contributed by atoms with Gasteiger partial charge in [0.2, 0.25) is 0 Å². The Bertz CT molecular complexity index is 148. The van der Waals surface area contributed by atoms with Gasteiger partial charge in [-0.05, 0) is 33.9 Å². The minimum atomic E-state index is 0.271. The molecule has 13 heavy (non-hydrogen) atoms. The van der Waals surface area contributed by atoms with Crippen molar-refractivity contribution in [3.05, 3.63) is 0 Å². The minimum Gasteiger partial charge on any atom is -0.383 e. The average Bonchev–Trinajstić information content (AvgIpc) is 2.04. The summed E-state index contributed by atoms with van der Waals surface area (Å²) < 4.78 is 5.04. The number of methoxy groups -OCH3 is 1. The largest absolute Gasteiger partial charge is 0.383 e. The number of carbonyl (C=O) groups excluding carboxylic acids is 1. The third kappa shape index (κ3) is 6.72. The molecule has 0 rings (SSSR count). The SMILES string of the molecule is COCC(C)N(C)CCCC(C)=O. The molecule has 0 aliphatic rings. The molecule has 3 nitrogen and oxygen atoms in total. The fourth-order valence-electron chi connectivity index (χ4n) is 1.17. The van der Waals surface area contributed by atoms with Crippen molar-refractivity contribution in [1.82, 2.24) is 4.90 Å². The van der Waals surface area contributed by atoms with Crippen LogP contribution in [-0.4, -0.2) is 44.0 Å². The lowest BCUT2D eigenvalue weighted by molar-refractivity contribution is -0.117. The third-order valence-corrected chi connectivity index (χ3v) is 2.20. The van der Waals surface area contributed by atoms with Gasteiger partial charge in [0.15, 0.2) is 0 Å². The number of rotatable bonds is 7. The van der Waals surface area contributed by atoms with Crippen molar-refractivity contribution < 1.29 is 9.53 Å². The Kier molecular flexibility index (Phi) is 6.82. The second-order valence-corrected chi connectivity index (χ2v) is 3.59. The average molecular weight is 187 g/mol. The van der Waals surface area contributed by atoms with E-state index in [1.807, 2.05) is 0 Å². The summed E-state index contributed by atoms with van der Waals surface area (Å²) in [6.07, 6.45) is 1.63. The Morgan fingerprint density at radius 1 is 1.54 bits per heavy atom. The predicted molar refractivity (Wildman–Crippen MR) is 53.9 cm³/mol. The van der Waals surface area contributed by atoms with Gasteiger partial charge in [0.25, 0.3) is 0 Å². The van der Waals surface area contributed by atoms with Gasteiger partial charge >= 0.3 is 0 Å². The van der Waals surface area contributed by atoms with Crippen molar-refractivity contribution in [1.29, 1.82) is 0 Å². The van der Waals surface area contributed by atoms with Gasteiger partial charge in [0.1, 0.15) is 5.78 Å². The van der Waals surface area contributed by atoms with E-state index >= 15 is 0 Å². The van der Waals surface area contributed by atoms with E-state index < -0.39 is 0 Å². The first kappa shape index (κ1) is 12.6. The Labute approximate surface area is 81.1 Å². The van der Waals surface area contributed by atoms with Crippen molar-refractivity contribution in [2.24, 2.45) is 0 Å². The molecule has 0 bridgehead atoms. The molecular weight excluding hydrogens is 166 g/mol. The first-order valence-electron chi connectivity index (χ1n) is 4.76. The topological polar surface area (TPSA) is 29.5 Å². The van der Waals surface area contributed by atoms with E-state index in [1.54, 1.807) is 14.0 Å². The molecule has 0 spiro atoms. The van der Waals surface area contributed by atoms with Gasteiger partial charge in [-0.25, -0.2) is 0 Å². The van der Waals surface area contributed by atoms with Crippen molar-refractivity contribution >= 4 is 5.78 Å². The van der Waals surface area contributed by atoms with Gasteiger partial charge in [0, 0.05) is 19.6 Å². The van der Waals surface area contributed by atoms with Crippen LogP contribution in [0.25, 0.3) is 0 Å². The van der Waals surface area contributed by atoms with Crippen LogP contribution < -0.4 is 0 Å². The molecule has 0 aliphatic heterocycles. The maximum atomic E-state index is 10.7. The van der Waals surface area contributed by atoms with Gasteiger partial charge in [-0.1, -0.05) is 0 Å². The molecule has 0 aromatic rings. The number of nitrogens with zero attached hydrogens (tertiary/aromatic N) is 1. The summed E-state index contributed by atoms with van der Waals surface area (Å²) in [6.45, 7) is 5.47. The highest BCUT2D eigenvalue weighted by atomic mass is 16.5. The lowest BCUT2D eigenvalue weighted by atomic mass is 10.2. The molecule has 0 saturated heterocycles. The minimum absolute atomic E-state index is 0.271. The molecule has 3 heteroatoms. The first-order chi connectivity index (χ1) is 6.07. The lowest BCUT2D eigenvalue weighted by Gasteiger charge is -2.23. The van der Waals surface area contributed by atoms with E-state index in [0.717, 1.165) is 19.6 Å². The molecule has 0 N–H and O–H groups in total. The van der Waals surface area contributed by atoms with E-state index in [0.29, 0.717) is 12.5 Å². The van der Waals surface area contributed by atoms with Gasteiger partial charge in [-0.15, -0.1) is 0 Å². The van der Waals surface area contributed by atoms with Crippen LogP contribution in [0.4, 0.5) is 0 Å². The maximum absolute atomic E-state index is 10.7. The summed E-state index contributed by atoms with van der Waals surface area (Å²) in [5.74, 6) is 0.271. The van der Waals surface area contributed by atoms with Crippen molar-refractivity contribution in [2.45, 2.75) is 32.7 Å². The zero-order chi connectivity index (χ0) is 10.3.